The van der Waals surface area contributed by atoms with Gasteiger partial charge in [0.15, 0.2) is 9.84 Å². The summed E-state index contributed by atoms with van der Waals surface area (Å²) in [5, 5.41) is 2.67. The van der Waals surface area contributed by atoms with Gasteiger partial charge in [0.2, 0.25) is 5.91 Å². The first-order valence-electron chi connectivity index (χ1n) is 5.30. The quantitative estimate of drug-likeness (QED) is 0.717. The van der Waals surface area contributed by atoms with Crippen molar-refractivity contribution in [1.29, 1.82) is 0 Å². The second-order valence-corrected chi connectivity index (χ2v) is 6.77. The Bertz CT molecular complexity index is 346. The summed E-state index contributed by atoms with van der Waals surface area (Å²) in [5.41, 5.74) is 0.0297. The van der Waals surface area contributed by atoms with Gasteiger partial charge in [0.25, 0.3) is 0 Å². The van der Waals surface area contributed by atoms with Gasteiger partial charge in [-0.3, -0.25) is 4.79 Å². The molecule has 1 rings (SSSR count). The number of methoxy groups -OCH3 is 1. The molecular formula is C10H19NO4S. The Morgan fingerprint density at radius 2 is 2.06 bits per heavy atom. The minimum Gasteiger partial charge on any atom is -0.384 e. The van der Waals surface area contributed by atoms with Crippen LogP contribution in [0.4, 0.5) is 0 Å². The summed E-state index contributed by atoms with van der Waals surface area (Å²) < 4.78 is 26.9. The molecule has 0 atom stereocenters. The van der Waals surface area contributed by atoms with Gasteiger partial charge in [-0.1, -0.05) is 6.42 Å². The maximum Gasteiger partial charge on any atom is 0.235 e. The van der Waals surface area contributed by atoms with Crippen LogP contribution in [-0.4, -0.2) is 46.6 Å². The molecule has 94 valence electrons. The van der Waals surface area contributed by atoms with Gasteiger partial charge in [0.1, 0.15) is 5.75 Å². The minimum atomic E-state index is -3.24. The molecular weight excluding hydrogens is 230 g/mol. The topological polar surface area (TPSA) is 72.5 Å². The lowest BCUT2D eigenvalue weighted by Crippen LogP contribution is -2.46. The average molecular weight is 249 g/mol. The number of carbonyl (C=O) groups excluding carboxylic acids is 1. The number of sulfone groups is 1. The van der Waals surface area contributed by atoms with Crippen molar-refractivity contribution >= 4 is 15.7 Å². The van der Waals surface area contributed by atoms with Crippen molar-refractivity contribution in [2.24, 2.45) is 5.41 Å². The van der Waals surface area contributed by atoms with Crippen molar-refractivity contribution in [3.8, 4) is 0 Å². The van der Waals surface area contributed by atoms with E-state index in [9.17, 15) is 13.2 Å². The summed E-state index contributed by atoms with van der Waals surface area (Å²) in [6.45, 7) is 1.13. The minimum absolute atomic E-state index is 0.0297. The first kappa shape index (κ1) is 13.4. The van der Waals surface area contributed by atoms with Crippen molar-refractivity contribution in [1.82, 2.24) is 5.32 Å². The molecule has 0 bridgehead atoms. The van der Waals surface area contributed by atoms with Gasteiger partial charge < -0.3 is 10.1 Å². The molecule has 16 heavy (non-hydrogen) atoms. The Morgan fingerprint density at radius 3 is 2.44 bits per heavy atom. The molecule has 1 saturated carbocycles. The van der Waals surface area contributed by atoms with Crippen LogP contribution in [0.15, 0.2) is 0 Å². The van der Waals surface area contributed by atoms with Gasteiger partial charge in [0.05, 0.1) is 6.61 Å². The number of amides is 1. The van der Waals surface area contributed by atoms with Gasteiger partial charge in [-0.05, 0) is 12.8 Å². The molecule has 0 radical (unpaired) electrons. The lowest BCUT2D eigenvalue weighted by molar-refractivity contribution is -0.119. The van der Waals surface area contributed by atoms with Crippen LogP contribution in [0.5, 0.6) is 0 Å². The van der Waals surface area contributed by atoms with E-state index in [2.05, 4.69) is 5.32 Å². The zero-order valence-corrected chi connectivity index (χ0v) is 10.6. The van der Waals surface area contributed by atoms with Crippen molar-refractivity contribution in [3.05, 3.63) is 0 Å². The van der Waals surface area contributed by atoms with Crippen molar-refractivity contribution < 1.29 is 17.9 Å². The highest BCUT2D eigenvalue weighted by atomic mass is 32.2. The fourth-order valence-electron chi connectivity index (χ4n) is 1.93. The van der Waals surface area contributed by atoms with Crippen LogP contribution in [0.1, 0.15) is 19.3 Å². The maximum atomic E-state index is 11.3. The second-order valence-electron chi connectivity index (χ2n) is 4.63. The number of carbonyl (C=O) groups is 1. The number of nitrogens with one attached hydrogen (secondary N) is 1. The molecule has 6 heteroatoms. The maximum absolute atomic E-state index is 11.3. The lowest BCUT2D eigenvalue weighted by atomic mass is 9.69. The molecule has 0 aromatic carbocycles. The number of hydrogen-bond acceptors (Lipinski definition) is 4. The van der Waals surface area contributed by atoms with E-state index in [-0.39, 0.29) is 5.41 Å². The number of rotatable bonds is 6. The molecule has 1 amide bonds. The van der Waals surface area contributed by atoms with E-state index < -0.39 is 21.5 Å². The molecule has 0 aliphatic heterocycles. The van der Waals surface area contributed by atoms with E-state index in [4.69, 9.17) is 4.74 Å². The third kappa shape index (κ3) is 4.09. The molecule has 0 aromatic heterocycles. The van der Waals surface area contributed by atoms with Crippen molar-refractivity contribution in [2.75, 3.05) is 32.3 Å². The summed E-state index contributed by atoms with van der Waals surface area (Å²) in [5.74, 6) is -0.861. The van der Waals surface area contributed by atoms with Crippen LogP contribution in [0.2, 0.25) is 0 Å². The molecule has 0 heterocycles. The zero-order chi connectivity index (χ0) is 12.2. The molecule has 0 saturated heterocycles. The Morgan fingerprint density at radius 1 is 1.44 bits per heavy atom. The predicted octanol–water partition coefficient (Wildman–Crippen LogP) is -0.0361. The largest absolute Gasteiger partial charge is 0.384 e. The normalized spacial score (nSPS) is 18.9. The second kappa shape index (κ2) is 5.14. The molecule has 1 N–H and O–H groups in total. The molecule has 1 fully saturated rings. The standard InChI is InChI=1S/C10H19NO4S/c1-15-8-10(4-3-5-10)7-11-9(12)6-16(2,13)14/h3-8H2,1-2H3,(H,11,12). The molecule has 0 unspecified atom stereocenters. The SMILES string of the molecule is COCC1(CNC(=O)CS(C)(=O)=O)CCC1. The number of hydrogen-bond donors (Lipinski definition) is 1. The van der Waals surface area contributed by atoms with Gasteiger partial charge in [0, 0.05) is 25.3 Å². The van der Waals surface area contributed by atoms with Crippen LogP contribution < -0.4 is 5.32 Å². The van der Waals surface area contributed by atoms with Gasteiger partial charge in [-0.25, -0.2) is 8.42 Å². The van der Waals surface area contributed by atoms with Crippen molar-refractivity contribution in [2.45, 2.75) is 19.3 Å². The van der Waals surface area contributed by atoms with Crippen LogP contribution >= 0.6 is 0 Å². The average Bonchev–Trinajstić information content (AvgIpc) is 2.06. The number of ether oxygens (including phenoxy) is 1. The van der Waals surface area contributed by atoms with Crippen molar-refractivity contribution in [3.63, 3.8) is 0 Å². The Kier molecular flexibility index (Phi) is 4.32. The summed E-state index contributed by atoms with van der Waals surface area (Å²) in [7, 11) is -1.60. The predicted molar refractivity (Wildman–Crippen MR) is 60.9 cm³/mol. The van der Waals surface area contributed by atoms with Gasteiger partial charge in [-0.15, -0.1) is 0 Å². The lowest BCUT2D eigenvalue weighted by Gasteiger charge is -2.41. The third-order valence-electron chi connectivity index (χ3n) is 2.92. The highest BCUT2D eigenvalue weighted by Crippen LogP contribution is 2.40. The van der Waals surface area contributed by atoms with Crippen LogP contribution in [-0.2, 0) is 19.4 Å². The fourth-order valence-corrected chi connectivity index (χ4v) is 2.51. The monoisotopic (exact) mass is 249 g/mol. The summed E-state index contributed by atoms with van der Waals surface area (Å²) in [6, 6.07) is 0. The highest BCUT2D eigenvalue weighted by molar-refractivity contribution is 7.91. The summed E-state index contributed by atoms with van der Waals surface area (Å²) >= 11 is 0. The molecule has 1 aliphatic rings. The smallest absolute Gasteiger partial charge is 0.235 e. The highest BCUT2D eigenvalue weighted by Gasteiger charge is 2.37. The van der Waals surface area contributed by atoms with E-state index in [1.165, 1.54) is 0 Å². The van der Waals surface area contributed by atoms with Gasteiger partial charge in [-0.2, -0.15) is 0 Å². The molecule has 1 aliphatic carbocycles. The van der Waals surface area contributed by atoms with Crippen LogP contribution in [0.3, 0.4) is 0 Å². The molecule has 0 spiro atoms. The summed E-state index contributed by atoms with van der Waals surface area (Å²) in [4.78, 5) is 11.3. The zero-order valence-electron chi connectivity index (χ0n) is 9.78. The Balaban J connectivity index is 2.36. The van der Waals surface area contributed by atoms with Crippen LogP contribution in [0, 0.1) is 5.41 Å². The fraction of sp³-hybridized carbons (Fsp3) is 0.900. The first-order chi connectivity index (χ1) is 7.37. The van der Waals surface area contributed by atoms with E-state index in [0.29, 0.717) is 13.2 Å². The Hall–Kier alpha value is -0.620. The van der Waals surface area contributed by atoms with E-state index in [1.54, 1.807) is 7.11 Å². The molecule has 5 nitrogen and oxygen atoms in total. The summed E-state index contributed by atoms with van der Waals surface area (Å²) in [6.07, 6.45) is 4.26. The Labute approximate surface area is 96.5 Å². The van der Waals surface area contributed by atoms with Crippen LogP contribution in [0.25, 0.3) is 0 Å². The van der Waals surface area contributed by atoms with E-state index in [0.717, 1.165) is 25.5 Å². The third-order valence-corrected chi connectivity index (χ3v) is 3.71. The molecule has 0 aromatic rings. The van der Waals surface area contributed by atoms with Gasteiger partial charge >= 0.3 is 0 Å². The van der Waals surface area contributed by atoms with E-state index in [1.807, 2.05) is 0 Å². The van der Waals surface area contributed by atoms with E-state index >= 15 is 0 Å². The first-order valence-corrected chi connectivity index (χ1v) is 7.36.